The summed E-state index contributed by atoms with van der Waals surface area (Å²) in [6.07, 6.45) is 8.05. The van der Waals surface area contributed by atoms with E-state index in [0.29, 0.717) is 0 Å². The molecule has 4 heterocycles. The Kier molecular flexibility index (Phi) is 10.6. The fourth-order valence-corrected chi connectivity index (χ4v) is 6.46. The highest BCUT2D eigenvalue weighted by atomic mass is 127. The maximum atomic E-state index is 6.53. The van der Waals surface area contributed by atoms with Crippen molar-refractivity contribution >= 4 is 38.7 Å². The number of piperidine rings is 2. The van der Waals surface area contributed by atoms with E-state index in [-0.39, 0.29) is 48.0 Å². The zero-order valence-corrected chi connectivity index (χ0v) is 27.7. The highest BCUT2D eigenvalue weighted by Gasteiger charge is 2.26. The molecule has 1 N–H and O–H groups in total. The second kappa shape index (κ2) is 13.5. The maximum Gasteiger partial charge on any atom is 0.261 e. The molecule has 212 valence electrons. The van der Waals surface area contributed by atoms with Gasteiger partial charge in [-0.3, -0.25) is 0 Å². The molecule has 0 atom stereocenters. The number of para-hydroxylation sites is 1. The van der Waals surface area contributed by atoms with Crippen LogP contribution in [0.2, 0.25) is 0 Å². The average molecular weight is 757 g/mol. The summed E-state index contributed by atoms with van der Waals surface area (Å²) in [5.74, 6) is 0.923. The van der Waals surface area contributed by atoms with Gasteiger partial charge in [-0.25, -0.2) is 0 Å². The smallest absolute Gasteiger partial charge is 0.261 e. The van der Waals surface area contributed by atoms with Gasteiger partial charge in [0.2, 0.25) is 11.1 Å². The lowest BCUT2D eigenvalue weighted by atomic mass is 10.1. The zero-order chi connectivity index (χ0) is 25.2. The Hall–Kier alpha value is -1.37. The van der Waals surface area contributed by atoms with Crippen molar-refractivity contribution in [3.8, 4) is 5.75 Å². The summed E-state index contributed by atoms with van der Waals surface area (Å²) in [6, 6.07) is 14.9. The number of pyridine rings is 1. The monoisotopic (exact) mass is 756 g/mol. The number of aromatic nitrogens is 1. The van der Waals surface area contributed by atoms with Crippen LogP contribution < -0.4 is 62.6 Å². The standard InChI is InChI=1S/C31H41N4O2.2HI/c1-33-27-12-6-5-11-25(27)29(32-15-18-34-16-7-3-8-17-34)31-30(33)26-23-24(13-14-28(26)37-31)36-22-21-35(2)19-9-4-10-20-35;;/h5-6,11-14,23H,3-4,7-10,15-22H2,1-2H3;2*1H/q+1;;/p-1. The Morgan fingerprint density at radius 1 is 0.949 bits per heavy atom. The number of aryl methyl sites for hydroxylation is 1. The summed E-state index contributed by atoms with van der Waals surface area (Å²) < 4.78 is 16.2. The van der Waals surface area contributed by atoms with Gasteiger partial charge in [-0.1, -0.05) is 18.6 Å². The number of quaternary nitrogens is 1. The fourth-order valence-electron chi connectivity index (χ4n) is 6.46. The lowest BCUT2D eigenvalue weighted by molar-refractivity contribution is -0.914. The summed E-state index contributed by atoms with van der Waals surface area (Å²) in [5.41, 5.74) is 5.25. The molecule has 0 amide bonds. The van der Waals surface area contributed by atoms with Crippen molar-refractivity contribution in [2.45, 2.75) is 38.5 Å². The second-order valence-corrected chi connectivity index (χ2v) is 11.4. The highest BCUT2D eigenvalue weighted by molar-refractivity contribution is 6.11. The van der Waals surface area contributed by atoms with Crippen LogP contribution in [0.5, 0.6) is 5.75 Å². The van der Waals surface area contributed by atoms with Crippen molar-refractivity contribution in [1.82, 2.24) is 4.90 Å². The first kappa shape index (κ1) is 30.6. The Bertz CT molecular complexity index is 1390. The van der Waals surface area contributed by atoms with E-state index in [1.807, 2.05) is 0 Å². The van der Waals surface area contributed by atoms with Gasteiger partial charge in [-0.05, 0) is 69.5 Å². The van der Waals surface area contributed by atoms with Gasteiger partial charge in [0.15, 0.2) is 0 Å². The van der Waals surface area contributed by atoms with Crippen molar-refractivity contribution in [2.24, 2.45) is 7.05 Å². The van der Waals surface area contributed by atoms with Gasteiger partial charge in [-0.15, -0.1) is 0 Å². The predicted molar refractivity (Wildman–Crippen MR) is 151 cm³/mol. The molecule has 2 aliphatic heterocycles. The number of hydrogen-bond acceptors (Lipinski definition) is 4. The average Bonchev–Trinajstić information content (AvgIpc) is 3.30. The normalized spacial score (nSPS) is 17.6. The molecule has 0 aliphatic carbocycles. The largest absolute Gasteiger partial charge is 1.00 e. The van der Waals surface area contributed by atoms with E-state index in [1.165, 1.54) is 75.6 Å². The molecular weight excluding hydrogens is 714 g/mol. The molecule has 6 rings (SSSR count). The minimum Gasteiger partial charge on any atom is -1.00 e. The molecule has 2 fully saturated rings. The first-order valence-corrected chi connectivity index (χ1v) is 14.3. The zero-order valence-electron chi connectivity index (χ0n) is 23.4. The molecule has 0 saturated carbocycles. The Morgan fingerprint density at radius 3 is 2.49 bits per heavy atom. The van der Waals surface area contributed by atoms with Crippen LogP contribution in [0.25, 0.3) is 33.0 Å². The van der Waals surface area contributed by atoms with Gasteiger partial charge < -0.3 is 71.8 Å². The van der Waals surface area contributed by atoms with Gasteiger partial charge in [0.25, 0.3) is 5.52 Å². The van der Waals surface area contributed by atoms with Crippen LogP contribution >= 0.6 is 0 Å². The molecule has 39 heavy (non-hydrogen) atoms. The summed E-state index contributed by atoms with van der Waals surface area (Å²) in [6.45, 7) is 8.75. The van der Waals surface area contributed by atoms with E-state index in [2.05, 4.69) is 71.3 Å². The molecule has 2 saturated heterocycles. The number of halogens is 2. The van der Waals surface area contributed by atoms with Crippen LogP contribution in [0, 0.1) is 0 Å². The van der Waals surface area contributed by atoms with E-state index in [4.69, 9.17) is 9.15 Å². The number of ether oxygens (including phenoxy) is 1. The Labute approximate surface area is 266 Å². The Morgan fingerprint density at radius 2 is 1.69 bits per heavy atom. The number of nitrogens with zero attached hydrogens (tertiary/aromatic N) is 3. The number of likely N-dealkylation sites (N-methyl/N-ethyl adjacent to an activating group) is 1. The number of furan rings is 1. The summed E-state index contributed by atoms with van der Waals surface area (Å²) in [5, 5.41) is 6.08. The lowest BCUT2D eigenvalue weighted by Gasteiger charge is -2.37. The van der Waals surface area contributed by atoms with Crippen LogP contribution in [0.1, 0.15) is 38.5 Å². The molecule has 4 aromatic rings. The Balaban J connectivity index is 0.00000176. The van der Waals surface area contributed by atoms with E-state index < -0.39 is 0 Å². The molecular formula is C31H42I2N4O2. The van der Waals surface area contributed by atoms with Gasteiger partial charge in [0.1, 0.15) is 31.5 Å². The first-order chi connectivity index (χ1) is 18.1. The summed E-state index contributed by atoms with van der Waals surface area (Å²) in [4.78, 5) is 2.58. The van der Waals surface area contributed by atoms with Crippen molar-refractivity contribution < 1.29 is 66.2 Å². The molecule has 8 heteroatoms. The molecule has 6 nitrogen and oxygen atoms in total. The van der Waals surface area contributed by atoms with Crippen molar-refractivity contribution in [3.05, 3.63) is 42.5 Å². The van der Waals surface area contributed by atoms with E-state index in [9.17, 15) is 0 Å². The number of anilines is 1. The number of benzene rings is 2. The van der Waals surface area contributed by atoms with E-state index >= 15 is 0 Å². The number of rotatable bonds is 8. The third-order valence-corrected chi connectivity index (χ3v) is 8.70. The van der Waals surface area contributed by atoms with Crippen LogP contribution in [0.3, 0.4) is 0 Å². The molecule has 0 spiro atoms. The summed E-state index contributed by atoms with van der Waals surface area (Å²) >= 11 is 0. The van der Waals surface area contributed by atoms with Gasteiger partial charge in [0.05, 0.1) is 36.6 Å². The topological polar surface area (TPSA) is 41.5 Å². The van der Waals surface area contributed by atoms with Gasteiger partial charge in [0, 0.05) is 19.2 Å². The quantitative estimate of drug-likeness (QED) is 0.150. The third kappa shape index (κ3) is 6.59. The third-order valence-electron chi connectivity index (χ3n) is 8.70. The van der Waals surface area contributed by atoms with E-state index in [1.54, 1.807) is 0 Å². The van der Waals surface area contributed by atoms with Crippen LogP contribution in [0.15, 0.2) is 46.9 Å². The highest BCUT2D eigenvalue weighted by Crippen LogP contribution is 2.37. The minimum atomic E-state index is 0. The van der Waals surface area contributed by atoms with Crippen LogP contribution in [-0.4, -0.2) is 68.9 Å². The van der Waals surface area contributed by atoms with Crippen LogP contribution in [-0.2, 0) is 7.05 Å². The van der Waals surface area contributed by atoms with E-state index in [0.717, 1.165) is 64.2 Å². The number of nitrogens with one attached hydrogen (secondary N) is 1. The number of likely N-dealkylation sites (tertiary alicyclic amines) is 2. The maximum absolute atomic E-state index is 6.53. The van der Waals surface area contributed by atoms with Crippen molar-refractivity contribution in [2.75, 3.05) is 64.8 Å². The summed E-state index contributed by atoms with van der Waals surface area (Å²) in [7, 11) is 4.52. The molecule has 0 unspecified atom stereocenters. The van der Waals surface area contributed by atoms with Crippen molar-refractivity contribution in [1.29, 1.82) is 0 Å². The van der Waals surface area contributed by atoms with Gasteiger partial charge in [-0.2, -0.15) is 4.57 Å². The number of fused-ring (bicyclic) bond motifs is 4. The van der Waals surface area contributed by atoms with Crippen LogP contribution in [0.4, 0.5) is 5.69 Å². The van der Waals surface area contributed by atoms with Crippen molar-refractivity contribution in [3.63, 3.8) is 0 Å². The second-order valence-electron chi connectivity index (χ2n) is 11.4. The SMILES string of the molecule is C[n+]1c2ccccc2c(NCCN2CCCCC2)c2oc3ccc(OCC[N+]4(C)CCCCC4)cc3c21.[I-].[I-]. The molecule has 2 aromatic heterocycles. The first-order valence-electron chi connectivity index (χ1n) is 14.3. The molecule has 0 bridgehead atoms. The molecule has 2 aliphatic rings. The predicted octanol–water partition coefficient (Wildman–Crippen LogP) is -0.521. The molecule has 0 radical (unpaired) electrons. The molecule has 2 aromatic carbocycles. The lowest BCUT2D eigenvalue weighted by Crippen LogP contribution is -3.00. The number of hydrogen-bond donors (Lipinski definition) is 1. The van der Waals surface area contributed by atoms with Gasteiger partial charge >= 0.3 is 0 Å². The minimum absolute atomic E-state index is 0. The fraction of sp³-hybridized carbons (Fsp3) is 0.516.